The van der Waals surface area contributed by atoms with Gasteiger partial charge < -0.3 is 10.6 Å². The van der Waals surface area contributed by atoms with Crippen LogP contribution in [0.5, 0.6) is 0 Å². The molecule has 0 aliphatic carbocycles. The molecule has 2 N–H and O–H groups in total. The molecular formula is C15H19ClN2S. The summed E-state index contributed by atoms with van der Waals surface area (Å²) in [5, 5.41) is 2.91. The standard InChI is InChI=1S/C15H19ClN2S/c1-11(15-4-3-9-19-15)18(2)13-6-5-12(7-8-17)14(16)10-13/h3-6,9-11H,7-8,17H2,1-2H3. The van der Waals surface area contributed by atoms with Gasteiger partial charge in [0.1, 0.15) is 0 Å². The van der Waals surface area contributed by atoms with Crippen LogP contribution in [0.4, 0.5) is 5.69 Å². The number of halogens is 1. The zero-order chi connectivity index (χ0) is 13.8. The Morgan fingerprint density at radius 2 is 2.16 bits per heavy atom. The fourth-order valence-corrected chi connectivity index (χ4v) is 3.15. The Labute approximate surface area is 123 Å². The minimum absolute atomic E-state index is 0.344. The largest absolute Gasteiger partial charge is 0.367 e. The summed E-state index contributed by atoms with van der Waals surface area (Å²) in [6.45, 7) is 2.83. The van der Waals surface area contributed by atoms with E-state index in [0.29, 0.717) is 12.6 Å². The van der Waals surface area contributed by atoms with E-state index in [1.165, 1.54) is 4.88 Å². The third-order valence-corrected chi connectivity index (χ3v) is 4.79. The average Bonchev–Trinajstić information content (AvgIpc) is 2.93. The number of hydrogen-bond donors (Lipinski definition) is 1. The zero-order valence-electron chi connectivity index (χ0n) is 11.3. The molecule has 1 unspecified atom stereocenters. The van der Waals surface area contributed by atoms with Gasteiger partial charge in [-0.05, 0) is 49.0 Å². The lowest BCUT2D eigenvalue weighted by Gasteiger charge is -2.26. The molecule has 1 aromatic heterocycles. The van der Waals surface area contributed by atoms with Gasteiger partial charge in [0, 0.05) is 22.6 Å². The third kappa shape index (κ3) is 3.30. The highest BCUT2D eigenvalue weighted by atomic mass is 35.5. The van der Waals surface area contributed by atoms with Crippen LogP contribution in [0.1, 0.15) is 23.4 Å². The molecule has 2 aromatic rings. The molecule has 4 heteroatoms. The van der Waals surface area contributed by atoms with Gasteiger partial charge in [-0.25, -0.2) is 0 Å². The van der Waals surface area contributed by atoms with E-state index < -0.39 is 0 Å². The Bertz CT molecular complexity index is 525. The molecule has 2 rings (SSSR count). The highest BCUT2D eigenvalue weighted by Crippen LogP contribution is 2.30. The molecule has 0 bridgehead atoms. The summed E-state index contributed by atoms with van der Waals surface area (Å²) in [4.78, 5) is 3.59. The van der Waals surface area contributed by atoms with Gasteiger partial charge in [-0.1, -0.05) is 23.7 Å². The Kier molecular flexibility index (Phi) is 4.86. The number of anilines is 1. The Morgan fingerprint density at radius 3 is 2.74 bits per heavy atom. The van der Waals surface area contributed by atoms with Crippen LogP contribution in [0.25, 0.3) is 0 Å². The van der Waals surface area contributed by atoms with Crippen LogP contribution in [0, 0.1) is 0 Å². The van der Waals surface area contributed by atoms with Crippen molar-refractivity contribution in [1.82, 2.24) is 0 Å². The van der Waals surface area contributed by atoms with Gasteiger partial charge in [0.05, 0.1) is 6.04 Å². The zero-order valence-corrected chi connectivity index (χ0v) is 12.8. The van der Waals surface area contributed by atoms with Gasteiger partial charge in [-0.2, -0.15) is 0 Å². The van der Waals surface area contributed by atoms with Crippen LogP contribution >= 0.6 is 22.9 Å². The molecule has 102 valence electrons. The topological polar surface area (TPSA) is 29.3 Å². The summed E-state index contributed by atoms with van der Waals surface area (Å²) in [5.74, 6) is 0. The molecule has 0 radical (unpaired) electrons. The van der Waals surface area contributed by atoms with Gasteiger partial charge >= 0.3 is 0 Å². The molecular weight excluding hydrogens is 276 g/mol. The van der Waals surface area contributed by atoms with Crippen molar-refractivity contribution >= 4 is 28.6 Å². The summed E-state index contributed by atoms with van der Waals surface area (Å²) in [6.07, 6.45) is 0.823. The maximum absolute atomic E-state index is 6.30. The molecule has 1 aromatic carbocycles. The van der Waals surface area contributed by atoms with Crippen molar-refractivity contribution < 1.29 is 0 Å². The maximum Gasteiger partial charge on any atom is 0.0603 e. The highest BCUT2D eigenvalue weighted by Gasteiger charge is 2.14. The number of benzene rings is 1. The molecule has 0 aliphatic rings. The number of nitrogens with zero attached hydrogens (tertiary/aromatic N) is 1. The summed E-state index contributed by atoms with van der Waals surface area (Å²) in [7, 11) is 2.10. The maximum atomic E-state index is 6.30. The van der Waals surface area contributed by atoms with Gasteiger partial charge in [0.2, 0.25) is 0 Å². The van der Waals surface area contributed by atoms with E-state index in [-0.39, 0.29) is 0 Å². The van der Waals surface area contributed by atoms with Gasteiger partial charge in [0.25, 0.3) is 0 Å². The van der Waals surface area contributed by atoms with Gasteiger partial charge in [-0.3, -0.25) is 0 Å². The third-order valence-electron chi connectivity index (χ3n) is 3.39. The Hall–Kier alpha value is -1.03. The van der Waals surface area contributed by atoms with E-state index in [1.54, 1.807) is 11.3 Å². The Morgan fingerprint density at radius 1 is 1.37 bits per heavy atom. The van der Waals surface area contributed by atoms with Crippen molar-refractivity contribution in [3.8, 4) is 0 Å². The molecule has 0 spiro atoms. The normalized spacial score (nSPS) is 12.4. The molecule has 0 amide bonds. The van der Waals surface area contributed by atoms with Crippen molar-refractivity contribution in [2.75, 3.05) is 18.5 Å². The second-order valence-corrected chi connectivity index (χ2v) is 6.00. The van der Waals surface area contributed by atoms with Crippen LogP contribution in [-0.4, -0.2) is 13.6 Å². The van der Waals surface area contributed by atoms with E-state index in [4.69, 9.17) is 17.3 Å². The Balaban J connectivity index is 2.19. The lowest BCUT2D eigenvalue weighted by molar-refractivity contribution is 0.754. The van der Waals surface area contributed by atoms with Crippen LogP contribution in [0.2, 0.25) is 5.02 Å². The number of thiophene rings is 1. The lowest BCUT2D eigenvalue weighted by atomic mass is 10.1. The summed E-state index contributed by atoms with van der Waals surface area (Å²) in [6, 6.07) is 10.8. The second kappa shape index (κ2) is 6.42. The van der Waals surface area contributed by atoms with E-state index in [0.717, 1.165) is 22.7 Å². The van der Waals surface area contributed by atoms with E-state index in [9.17, 15) is 0 Å². The minimum atomic E-state index is 0.344. The van der Waals surface area contributed by atoms with Gasteiger partial charge in [0.15, 0.2) is 0 Å². The van der Waals surface area contributed by atoms with E-state index >= 15 is 0 Å². The molecule has 0 saturated heterocycles. The monoisotopic (exact) mass is 294 g/mol. The van der Waals surface area contributed by atoms with Crippen molar-refractivity contribution in [1.29, 1.82) is 0 Å². The fraction of sp³-hybridized carbons (Fsp3) is 0.333. The number of nitrogens with two attached hydrogens (primary N) is 1. The quantitative estimate of drug-likeness (QED) is 0.899. The molecule has 0 saturated carbocycles. The molecule has 19 heavy (non-hydrogen) atoms. The summed E-state index contributed by atoms with van der Waals surface area (Å²) < 4.78 is 0. The highest BCUT2D eigenvalue weighted by molar-refractivity contribution is 7.10. The van der Waals surface area contributed by atoms with Crippen LogP contribution in [0.15, 0.2) is 35.7 Å². The predicted octanol–water partition coefficient (Wildman–Crippen LogP) is 4.10. The smallest absolute Gasteiger partial charge is 0.0603 e. The first-order valence-corrected chi connectivity index (χ1v) is 7.64. The van der Waals surface area contributed by atoms with Crippen LogP contribution in [0.3, 0.4) is 0 Å². The lowest BCUT2D eigenvalue weighted by Crippen LogP contribution is -2.20. The van der Waals surface area contributed by atoms with Gasteiger partial charge in [-0.15, -0.1) is 11.3 Å². The molecule has 1 heterocycles. The van der Waals surface area contributed by atoms with Crippen molar-refractivity contribution in [2.45, 2.75) is 19.4 Å². The molecule has 0 fully saturated rings. The second-order valence-electron chi connectivity index (χ2n) is 4.62. The predicted molar refractivity (Wildman–Crippen MR) is 85.3 cm³/mol. The minimum Gasteiger partial charge on any atom is -0.367 e. The molecule has 1 atom stereocenters. The van der Waals surface area contributed by atoms with Crippen molar-refractivity contribution in [2.24, 2.45) is 5.73 Å². The first-order valence-electron chi connectivity index (χ1n) is 6.38. The van der Waals surface area contributed by atoms with Crippen molar-refractivity contribution in [3.05, 3.63) is 51.2 Å². The van der Waals surface area contributed by atoms with Crippen LogP contribution in [-0.2, 0) is 6.42 Å². The summed E-state index contributed by atoms with van der Waals surface area (Å²) >= 11 is 8.08. The van der Waals surface area contributed by atoms with E-state index in [2.05, 4.69) is 48.5 Å². The number of rotatable bonds is 5. The summed E-state index contributed by atoms with van der Waals surface area (Å²) in [5.41, 5.74) is 7.82. The van der Waals surface area contributed by atoms with Crippen LogP contribution < -0.4 is 10.6 Å². The molecule has 0 aliphatic heterocycles. The number of hydrogen-bond acceptors (Lipinski definition) is 3. The van der Waals surface area contributed by atoms with E-state index in [1.807, 2.05) is 6.07 Å². The molecule has 2 nitrogen and oxygen atoms in total. The first kappa shape index (κ1) is 14.4. The SMILES string of the molecule is CC(c1cccs1)N(C)c1ccc(CCN)c(Cl)c1. The first-order chi connectivity index (χ1) is 9.13. The average molecular weight is 295 g/mol. The van der Waals surface area contributed by atoms with Crippen molar-refractivity contribution in [3.63, 3.8) is 0 Å². The fourth-order valence-electron chi connectivity index (χ4n) is 2.06.